The minimum absolute atomic E-state index is 0.0182. The van der Waals surface area contributed by atoms with Crippen molar-refractivity contribution < 1.29 is 4.79 Å². The van der Waals surface area contributed by atoms with E-state index in [4.69, 9.17) is 0 Å². The molecule has 1 amide bonds. The topological polar surface area (TPSA) is 54.0 Å². The first kappa shape index (κ1) is 13.8. The van der Waals surface area contributed by atoms with Crippen LogP contribution in [0.3, 0.4) is 0 Å². The zero-order valence-corrected chi connectivity index (χ0v) is 11.9. The molecule has 0 spiro atoms. The van der Waals surface area contributed by atoms with Gasteiger partial charge in [-0.1, -0.05) is 18.2 Å². The second kappa shape index (κ2) is 6.50. The van der Waals surface area contributed by atoms with E-state index in [1.165, 1.54) is 11.1 Å². The van der Waals surface area contributed by atoms with E-state index in [2.05, 4.69) is 21.7 Å². The molecule has 1 aromatic heterocycles. The Morgan fingerprint density at radius 3 is 3.05 bits per heavy atom. The molecule has 1 aliphatic heterocycles. The molecular formula is C17H19N3O. The van der Waals surface area contributed by atoms with Crippen LogP contribution in [0.4, 0.5) is 0 Å². The molecule has 0 aliphatic carbocycles. The molecule has 0 radical (unpaired) electrons. The van der Waals surface area contributed by atoms with Gasteiger partial charge in [-0.15, -0.1) is 0 Å². The van der Waals surface area contributed by atoms with Crippen LogP contribution < -0.4 is 10.6 Å². The number of hydrogen-bond donors (Lipinski definition) is 2. The third kappa shape index (κ3) is 3.28. The van der Waals surface area contributed by atoms with Gasteiger partial charge in [0.15, 0.2) is 0 Å². The van der Waals surface area contributed by atoms with Gasteiger partial charge in [0.2, 0.25) is 0 Å². The zero-order valence-electron chi connectivity index (χ0n) is 11.9. The van der Waals surface area contributed by atoms with Crippen LogP contribution in [0.2, 0.25) is 0 Å². The van der Waals surface area contributed by atoms with Crippen molar-refractivity contribution in [3.05, 3.63) is 65.0 Å². The summed E-state index contributed by atoms with van der Waals surface area (Å²) in [5, 5.41) is 6.33. The molecule has 2 N–H and O–H groups in total. The van der Waals surface area contributed by atoms with Crippen molar-refractivity contribution in [3.8, 4) is 0 Å². The summed E-state index contributed by atoms with van der Waals surface area (Å²) in [5.41, 5.74) is 4.23. The van der Waals surface area contributed by atoms with Gasteiger partial charge in [-0.25, -0.2) is 0 Å². The van der Waals surface area contributed by atoms with Crippen LogP contribution in [-0.2, 0) is 19.4 Å². The first-order chi connectivity index (χ1) is 10.3. The summed E-state index contributed by atoms with van der Waals surface area (Å²) in [6.45, 7) is 2.40. The maximum atomic E-state index is 12.4. The highest BCUT2D eigenvalue weighted by atomic mass is 16.1. The highest BCUT2D eigenvalue weighted by Gasteiger charge is 2.16. The van der Waals surface area contributed by atoms with Crippen LogP contribution in [-0.4, -0.2) is 24.0 Å². The van der Waals surface area contributed by atoms with E-state index in [-0.39, 0.29) is 5.91 Å². The second-order valence-electron chi connectivity index (χ2n) is 5.20. The Bertz CT molecular complexity index is 625. The SMILES string of the molecule is O=C(NCCc1ccccn1)c1cccc2c1CCNC2. The quantitative estimate of drug-likeness (QED) is 0.897. The molecule has 1 aromatic carbocycles. The highest BCUT2D eigenvalue weighted by molar-refractivity contribution is 5.96. The number of hydrogen-bond acceptors (Lipinski definition) is 3. The summed E-state index contributed by atoms with van der Waals surface area (Å²) >= 11 is 0. The van der Waals surface area contributed by atoms with Crippen molar-refractivity contribution in [2.75, 3.05) is 13.1 Å². The lowest BCUT2D eigenvalue weighted by molar-refractivity contribution is 0.0953. The molecule has 4 heteroatoms. The number of carbonyl (C=O) groups is 1. The van der Waals surface area contributed by atoms with Gasteiger partial charge in [-0.3, -0.25) is 9.78 Å². The summed E-state index contributed by atoms with van der Waals surface area (Å²) in [5.74, 6) is 0.0182. The monoisotopic (exact) mass is 281 g/mol. The number of rotatable bonds is 4. The van der Waals surface area contributed by atoms with Crippen molar-refractivity contribution in [1.82, 2.24) is 15.6 Å². The van der Waals surface area contributed by atoms with Gasteiger partial charge < -0.3 is 10.6 Å². The Balaban J connectivity index is 1.63. The minimum Gasteiger partial charge on any atom is -0.352 e. The Kier molecular flexibility index (Phi) is 4.26. The third-order valence-electron chi connectivity index (χ3n) is 3.78. The second-order valence-corrected chi connectivity index (χ2v) is 5.20. The molecule has 1 aliphatic rings. The summed E-state index contributed by atoms with van der Waals surface area (Å²) in [6, 6.07) is 11.8. The molecule has 2 aromatic rings. The van der Waals surface area contributed by atoms with Crippen LogP contribution in [0.1, 0.15) is 27.2 Å². The fourth-order valence-electron chi connectivity index (χ4n) is 2.69. The van der Waals surface area contributed by atoms with Crippen molar-refractivity contribution in [2.24, 2.45) is 0 Å². The molecular weight excluding hydrogens is 262 g/mol. The summed E-state index contributed by atoms with van der Waals surface area (Å²) in [4.78, 5) is 16.6. The number of nitrogens with zero attached hydrogens (tertiary/aromatic N) is 1. The van der Waals surface area contributed by atoms with Crippen molar-refractivity contribution in [1.29, 1.82) is 0 Å². The minimum atomic E-state index is 0.0182. The number of amides is 1. The molecule has 108 valence electrons. The van der Waals surface area contributed by atoms with Gasteiger partial charge in [0.05, 0.1) is 0 Å². The van der Waals surface area contributed by atoms with Crippen LogP contribution in [0, 0.1) is 0 Å². The number of nitrogens with one attached hydrogen (secondary N) is 2. The van der Waals surface area contributed by atoms with Crippen molar-refractivity contribution >= 4 is 5.91 Å². The average Bonchev–Trinajstić information content (AvgIpc) is 2.55. The average molecular weight is 281 g/mol. The van der Waals surface area contributed by atoms with E-state index in [1.54, 1.807) is 6.20 Å². The normalized spacial score (nSPS) is 13.5. The smallest absolute Gasteiger partial charge is 0.251 e. The molecule has 0 atom stereocenters. The molecule has 21 heavy (non-hydrogen) atoms. The molecule has 0 saturated heterocycles. The van der Waals surface area contributed by atoms with E-state index in [9.17, 15) is 4.79 Å². The summed E-state index contributed by atoms with van der Waals surface area (Å²) in [7, 11) is 0. The molecule has 0 bridgehead atoms. The van der Waals surface area contributed by atoms with Gasteiger partial charge in [0.1, 0.15) is 0 Å². The van der Waals surface area contributed by atoms with Gasteiger partial charge in [0.25, 0.3) is 5.91 Å². The molecule has 0 saturated carbocycles. The maximum Gasteiger partial charge on any atom is 0.251 e. The van der Waals surface area contributed by atoms with Gasteiger partial charge >= 0.3 is 0 Å². The Morgan fingerprint density at radius 2 is 2.19 bits per heavy atom. The maximum absolute atomic E-state index is 12.4. The predicted octanol–water partition coefficient (Wildman–Crippen LogP) is 1.70. The van der Waals surface area contributed by atoms with Crippen LogP contribution >= 0.6 is 0 Å². The van der Waals surface area contributed by atoms with Crippen molar-refractivity contribution in [3.63, 3.8) is 0 Å². The standard InChI is InChI=1S/C17H19N3O/c21-17(20-11-7-14-5-1-2-9-19-14)16-6-3-4-13-12-18-10-8-15(13)16/h1-6,9,18H,7-8,10-12H2,(H,20,21). The number of carbonyl (C=O) groups excluding carboxylic acids is 1. The van der Waals surface area contributed by atoms with Gasteiger partial charge in [0, 0.05) is 37.0 Å². The van der Waals surface area contributed by atoms with E-state index in [0.717, 1.165) is 37.2 Å². The Hall–Kier alpha value is -2.20. The lowest BCUT2D eigenvalue weighted by atomic mass is 9.95. The predicted molar refractivity (Wildman–Crippen MR) is 82.1 cm³/mol. The third-order valence-corrected chi connectivity index (χ3v) is 3.78. The molecule has 3 rings (SSSR count). The Labute approximate surface area is 124 Å². The molecule has 0 fully saturated rings. The number of fused-ring (bicyclic) bond motifs is 1. The van der Waals surface area contributed by atoms with Crippen LogP contribution in [0.25, 0.3) is 0 Å². The lowest BCUT2D eigenvalue weighted by Gasteiger charge is -2.19. The summed E-state index contributed by atoms with van der Waals surface area (Å²) in [6.07, 6.45) is 3.44. The number of benzene rings is 1. The fourth-order valence-corrected chi connectivity index (χ4v) is 2.69. The number of pyridine rings is 1. The highest BCUT2D eigenvalue weighted by Crippen LogP contribution is 2.18. The van der Waals surface area contributed by atoms with E-state index < -0.39 is 0 Å². The first-order valence-corrected chi connectivity index (χ1v) is 7.34. The first-order valence-electron chi connectivity index (χ1n) is 7.34. The van der Waals surface area contributed by atoms with E-state index >= 15 is 0 Å². The molecule has 4 nitrogen and oxygen atoms in total. The largest absolute Gasteiger partial charge is 0.352 e. The summed E-state index contributed by atoms with van der Waals surface area (Å²) < 4.78 is 0. The zero-order chi connectivity index (χ0) is 14.5. The molecule has 2 heterocycles. The van der Waals surface area contributed by atoms with E-state index in [0.29, 0.717) is 6.54 Å². The Morgan fingerprint density at radius 1 is 1.24 bits per heavy atom. The van der Waals surface area contributed by atoms with Gasteiger partial charge in [-0.2, -0.15) is 0 Å². The fraction of sp³-hybridized carbons (Fsp3) is 0.294. The molecule has 0 unspecified atom stereocenters. The van der Waals surface area contributed by atoms with Crippen LogP contribution in [0.15, 0.2) is 42.6 Å². The van der Waals surface area contributed by atoms with E-state index in [1.807, 2.05) is 30.3 Å². The van der Waals surface area contributed by atoms with Crippen molar-refractivity contribution in [2.45, 2.75) is 19.4 Å². The number of aromatic nitrogens is 1. The lowest BCUT2D eigenvalue weighted by Crippen LogP contribution is -2.30. The van der Waals surface area contributed by atoms with Crippen LogP contribution in [0.5, 0.6) is 0 Å². The van der Waals surface area contributed by atoms with Gasteiger partial charge in [-0.05, 0) is 42.3 Å².